The predicted molar refractivity (Wildman–Crippen MR) is 34.7 cm³/mol. The van der Waals surface area contributed by atoms with Crippen LogP contribution in [0.15, 0.2) is 16.8 Å². The largest absolute Gasteiger partial charge is 0.388 e. The van der Waals surface area contributed by atoms with Crippen molar-refractivity contribution in [2.24, 2.45) is 0 Å². The van der Waals surface area contributed by atoms with Crippen LogP contribution in [-0.4, -0.2) is 17.4 Å². The number of aliphatic hydroxyl groups is 1. The molecule has 10 heavy (non-hydrogen) atoms. The molecule has 0 saturated heterocycles. The van der Waals surface area contributed by atoms with Crippen LogP contribution in [0.4, 0.5) is 0 Å². The van der Waals surface area contributed by atoms with Crippen molar-refractivity contribution in [3.05, 3.63) is 18.0 Å². The van der Waals surface area contributed by atoms with Crippen molar-refractivity contribution in [2.45, 2.75) is 13.4 Å². The second-order valence-corrected chi connectivity index (χ2v) is 1.32. The summed E-state index contributed by atoms with van der Waals surface area (Å²) in [5.41, 5.74) is 0. The standard InChI is InChI=1S/C4H5NO2.CH3BO/c6-3-4-1-2-5-7-4;1-2-3/h1-2,6H,3H2;1H3/i2D;. The molecule has 0 fully saturated rings. The van der Waals surface area contributed by atoms with Gasteiger partial charge in [-0.05, 0) is 0 Å². The van der Waals surface area contributed by atoms with E-state index < -0.39 is 0 Å². The molecule has 0 amide bonds. The Bertz CT molecular complexity index is 215. The van der Waals surface area contributed by atoms with E-state index in [1.165, 1.54) is 12.9 Å². The second kappa shape index (κ2) is 6.16. The molecule has 5 heteroatoms. The quantitative estimate of drug-likeness (QED) is 0.570. The first kappa shape index (κ1) is 7.15. The Hall–Kier alpha value is -0.965. The summed E-state index contributed by atoms with van der Waals surface area (Å²) >= 11 is 0. The smallest absolute Gasteiger partial charge is 0.162 e. The molecule has 0 aromatic carbocycles. The van der Waals surface area contributed by atoms with Gasteiger partial charge in [0, 0.05) is 6.07 Å². The van der Waals surface area contributed by atoms with Crippen molar-refractivity contribution in [2.75, 3.05) is 0 Å². The Morgan fingerprint density at radius 2 is 2.70 bits per heavy atom. The van der Waals surface area contributed by atoms with Gasteiger partial charge in [0.25, 0.3) is 0 Å². The molecule has 1 rings (SSSR count). The van der Waals surface area contributed by atoms with Crippen LogP contribution >= 0.6 is 0 Å². The fourth-order valence-corrected chi connectivity index (χ4v) is 0.284. The predicted octanol–water partition coefficient (Wildman–Crippen LogP) is 0.251. The van der Waals surface area contributed by atoms with Crippen molar-refractivity contribution in [1.82, 2.24) is 5.16 Å². The van der Waals surface area contributed by atoms with Crippen LogP contribution in [0.5, 0.6) is 0 Å². The molecule has 0 aliphatic rings. The van der Waals surface area contributed by atoms with Crippen molar-refractivity contribution >= 4 is 7.15 Å². The van der Waals surface area contributed by atoms with Crippen LogP contribution in [0.25, 0.3) is 0 Å². The average molecular weight is 142 g/mol. The summed E-state index contributed by atoms with van der Waals surface area (Å²) in [6, 6.07) is 1.36. The van der Waals surface area contributed by atoms with E-state index in [-0.39, 0.29) is 12.8 Å². The van der Waals surface area contributed by atoms with Gasteiger partial charge < -0.3 is 9.63 Å². The molecular weight excluding hydrogens is 133 g/mol. The third-order valence-electron chi connectivity index (χ3n) is 0.597. The van der Waals surface area contributed by atoms with Crippen LogP contribution in [0, 0.1) is 0 Å². The Morgan fingerprint density at radius 1 is 2.10 bits per heavy atom. The summed E-state index contributed by atoms with van der Waals surface area (Å²) in [7, 11) is 0.750. The fraction of sp³-hybridized carbons (Fsp3) is 0.400. The molecule has 0 atom stereocenters. The van der Waals surface area contributed by atoms with Crippen molar-refractivity contribution < 1.29 is 15.7 Å². The van der Waals surface area contributed by atoms with Gasteiger partial charge in [-0.3, -0.25) is 0 Å². The van der Waals surface area contributed by atoms with E-state index in [1.807, 2.05) is 0 Å². The molecule has 0 bridgehead atoms. The van der Waals surface area contributed by atoms with Crippen LogP contribution < -0.4 is 0 Å². The summed E-state index contributed by atoms with van der Waals surface area (Å²) in [6.07, 6.45) is 0.0500. The van der Waals surface area contributed by atoms with Gasteiger partial charge in [-0.25, -0.2) is 0 Å². The van der Waals surface area contributed by atoms with E-state index in [2.05, 4.69) is 9.68 Å². The molecule has 1 aromatic heterocycles. The number of rotatable bonds is 1. The van der Waals surface area contributed by atoms with Gasteiger partial charge in [-0.2, -0.15) is 0 Å². The first-order valence-corrected chi connectivity index (χ1v) is 2.67. The molecule has 0 aliphatic carbocycles. The second-order valence-electron chi connectivity index (χ2n) is 1.32. The zero-order chi connectivity index (χ0) is 8.69. The van der Waals surface area contributed by atoms with Gasteiger partial charge in [0.1, 0.15) is 6.61 Å². The monoisotopic (exact) mass is 142 g/mol. The van der Waals surface area contributed by atoms with E-state index >= 15 is 0 Å². The van der Waals surface area contributed by atoms with Gasteiger partial charge in [0.2, 0.25) is 0 Å². The number of aliphatic hydroxyl groups excluding tert-OH is 1. The number of hydrogen-bond acceptors (Lipinski definition) is 4. The normalized spacial score (nSPS) is 8.80. The molecule has 1 heterocycles. The molecule has 0 saturated carbocycles. The van der Waals surface area contributed by atoms with Gasteiger partial charge in [-0.15, -0.1) is 0 Å². The van der Waals surface area contributed by atoms with Crippen molar-refractivity contribution in [3.63, 3.8) is 0 Å². The maximum Gasteiger partial charge on any atom is 0.162 e. The van der Waals surface area contributed by atoms with Crippen molar-refractivity contribution in [3.8, 4) is 0 Å². The molecule has 4 nitrogen and oxygen atoms in total. The summed E-state index contributed by atoms with van der Waals surface area (Å²) in [5.74, 6) is 0.329. The van der Waals surface area contributed by atoms with E-state index in [0.29, 0.717) is 5.76 Å². The Kier molecular flexibility index (Phi) is 4.40. The van der Waals surface area contributed by atoms with Gasteiger partial charge in [0.15, 0.2) is 5.76 Å². The minimum absolute atomic E-state index is 0.0500. The molecule has 0 unspecified atom stereocenters. The van der Waals surface area contributed by atoms with E-state index in [0.717, 1.165) is 7.15 Å². The summed E-state index contributed by atoms with van der Waals surface area (Å²) in [5, 5.41) is 11.6. The third-order valence-corrected chi connectivity index (χ3v) is 0.597. The summed E-state index contributed by atoms with van der Waals surface area (Å²) in [6.45, 7) is 1.26. The number of nitrogens with zero attached hydrogens (tertiary/aromatic N) is 1. The van der Waals surface area contributed by atoms with Gasteiger partial charge in [0.05, 0.1) is 7.54 Å². The van der Waals surface area contributed by atoms with Crippen LogP contribution in [0.3, 0.4) is 0 Å². The maximum atomic E-state index is 8.81. The zero-order valence-corrected chi connectivity index (χ0v) is 5.57. The average Bonchev–Trinajstić information content (AvgIpc) is 2.37. The van der Waals surface area contributed by atoms with E-state index in [1.54, 1.807) is 0 Å². The summed E-state index contributed by atoms with van der Waals surface area (Å²) in [4.78, 5) is 0. The van der Waals surface area contributed by atoms with Crippen molar-refractivity contribution in [1.29, 1.82) is 0 Å². The summed E-state index contributed by atoms with van der Waals surface area (Å²) < 4.78 is 20.0. The van der Waals surface area contributed by atoms with Crippen LogP contribution in [0.2, 0.25) is 6.82 Å². The van der Waals surface area contributed by atoms with E-state index in [9.17, 15) is 0 Å². The molecule has 1 aromatic rings. The topological polar surface area (TPSA) is 63.3 Å². The molecule has 54 valence electrons. The molecule has 1 N–H and O–H groups in total. The third kappa shape index (κ3) is 3.97. The SMILES string of the molecule is CB=O.[2H]c1cc(CO)on1. The molecular formula is C5H8BNO3. The minimum Gasteiger partial charge on any atom is -0.388 e. The number of hydrogen-bond donors (Lipinski definition) is 1. The first-order valence-electron chi connectivity index (χ1n) is 3.17. The molecule has 0 radical (unpaired) electrons. The first-order chi connectivity index (χ1) is 5.24. The maximum absolute atomic E-state index is 8.81. The van der Waals surface area contributed by atoms with Gasteiger partial charge >= 0.3 is 18.7 Å². The fourth-order valence-electron chi connectivity index (χ4n) is 0.284. The Balaban J connectivity index is 0.000000292. The Morgan fingerprint density at radius 3 is 2.90 bits per heavy atom. The zero-order valence-electron chi connectivity index (χ0n) is 6.57. The van der Waals surface area contributed by atoms with Crippen LogP contribution in [-0.2, 0) is 11.3 Å². The molecule has 0 aliphatic heterocycles. The Labute approximate surface area is 60.5 Å². The van der Waals surface area contributed by atoms with Crippen LogP contribution in [0.1, 0.15) is 7.13 Å². The van der Waals surface area contributed by atoms with Gasteiger partial charge in [-0.1, -0.05) is 5.16 Å². The molecule has 0 spiro atoms. The minimum atomic E-state index is -0.189. The number of aromatic nitrogens is 1. The van der Waals surface area contributed by atoms with E-state index in [4.69, 9.17) is 11.2 Å².